The number of fused-ring (bicyclic) bond motifs is 1. The Morgan fingerprint density at radius 3 is 2.63 bits per heavy atom. The summed E-state index contributed by atoms with van der Waals surface area (Å²) in [6, 6.07) is 14.0. The number of imide groups is 1. The van der Waals surface area contributed by atoms with Crippen LogP contribution in [0, 0.1) is 11.8 Å². The molecule has 2 saturated heterocycles. The van der Waals surface area contributed by atoms with Crippen LogP contribution >= 0.6 is 11.6 Å². The van der Waals surface area contributed by atoms with E-state index in [1.54, 1.807) is 0 Å². The molecular formula is C28H32ClN3O3. The second kappa shape index (κ2) is 9.14. The summed E-state index contributed by atoms with van der Waals surface area (Å²) in [6.07, 6.45) is 5.34. The second-order valence-electron chi connectivity index (χ2n) is 10.6. The Balaban J connectivity index is 1.20. The fourth-order valence-corrected chi connectivity index (χ4v) is 6.24. The number of likely N-dealkylation sites (tertiary alicyclic amines) is 1. The number of hydrogen-bond acceptors (Lipinski definition) is 4. The predicted octanol–water partition coefficient (Wildman–Crippen LogP) is 4.43. The number of nitrogens with zero attached hydrogens (tertiary/aromatic N) is 2. The van der Waals surface area contributed by atoms with Crippen molar-refractivity contribution in [2.45, 2.75) is 50.6 Å². The van der Waals surface area contributed by atoms with E-state index in [9.17, 15) is 9.59 Å². The Kier molecular flexibility index (Phi) is 5.97. The number of piperidine rings is 1. The van der Waals surface area contributed by atoms with Crippen LogP contribution < -0.4 is 10.1 Å². The Morgan fingerprint density at radius 1 is 1.06 bits per heavy atom. The van der Waals surface area contributed by atoms with Gasteiger partial charge in [-0.15, -0.1) is 0 Å². The minimum Gasteiger partial charge on any atom is -0.493 e. The van der Waals surface area contributed by atoms with Gasteiger partial charge in [-0.3, -0.25) is 14.6 Å². The molecule has 3 fully saturated rings. The average molecular weight is 494 g/mol. The molecule has 0 aromatic heterocycles. The van der Waals surface area contributed by atoms with E-state index in [0.717, 1.165) is 69.7 Å². The molecule has 2 aromatic carbocycles. The molecule has 1 aliphatic carbocycles. The van der Waals surface area contributed by atoms with Gasteiger partial charge in [-0.05, 0) is 79.4 Å². The van der Waals surface area contributed by atoms with Crippen LogP contribution in [-0.2, 0) is 24.2 Å². The Bertz CT molecular complexity index is 1140. The van der Waals surface area contributed by atoms with Crippen LogP contribution in [0.1, 0.15) is 42.4 Å². The third-order valence-electron chi connectivity index (χ3n) is 8.21. The van der Waals surface area contributed by atoms with Crippen LogP contribution in [0.3, 0.4) is 0 Å². The zero-order valence-corrected chi connectivity index (χ0v) is 20.7. The van der Waals surface area contributed by atoms with E-state index in [2.05, 4.69) is 28.4 Å². The number of benzene rings is 2. The van der Waals surface area contributed by atoms with Gasteiger partial charge < -0.3 is 10.1 Å². The molecule has 0 unspecified atom stereocenters. The highest BCUT2D eigenvalue weighted by Crippen LogP contribution is 2.40. The molecule has 1 atom stereocenters. The Hall–Kier alpha value is -2.57. The van der Waals surface area contributed by atoms with Gasteiger partial charge in [-0.2, -0.15) is 0 Å². The van der Waals surface area contributed by atoms with Crippen molar-refractivity contribution in [3.05, 3.63) is 64.2 Å². The van der Waals surface area contributed by atoms with Crippen LogP contribution in [0.15, 0.2) is 42.5 Å². The number of rotatable bonds is 7. The quantitative estimate of drug-likeness (QED) is 0.580. The standard InChI is InChI=1S/C28H32ClN3O3/c29-24-4-2-1-3-22(24)16-28(26(33)32(27(34)30-28)18-19-5-6-19)23-9-12-31(13-10-23)17-20-7-8-25-21(15-20)11-14-35-25/h1-4,7-8,15,19,23H,5-6,9-14,16-18H2,(H,30,34)/t28-/m0/s1. The largest absolute Gasteiger partial charge is 0.493 e. The minimum atomic E-state index is -0.923. The summed E-state index contributed by atoms with van der Waals surface area (Å²) in [5.74, 6) is 1.48. The van der Waals surface area contributed by atoms with Gasteiger partial charge in [0.2, 0.25) is 0 Å². The molecule has 7 heteroatoms. The number of nitrogens with one attached hydrogen (secondary N) is 1. The number of hydrogen-bond donors (Lipinski definition) is 1. The molecule has 3 heterocycles. The highest BCUT2D eigenvalue weighted by atomic mass is 35.5. The van der Waals surface area contributed by atoms with E-state index in [-0.39, 0.29) is 17.9 Å². The normalized spacial score (nSPS) is 25.0. The molecule has 1 saturated carbocycles. The molecule has 4 aliphatic rings. The molecule has 184 valence electrons. The first-order valence-electron chi connectivity index (χ1n) is 12.9. The van der Waals surface area contributed by atoms with Crippen LogP contribution in [0.25, 0.3) is 0 Å². The van der Waals surface area contributed by atoms with E-state index in [1.807, 2.05) is 24.3 Å². The first-order chi connectivity index (χ1) is 17.0. The molecule has 2 aromatic rings. The van der Waals surface area contributed by atoms with E-state index in [4.69, 9.17) is 16.3 Å². The van der Waals surface area contributed by atoms with Gasteiger partial charge in [0.15, 0.2) is 0 Å². The van der Waals surface area contributed by atoms with E-state index in [0.29, 0.717) is 23.9 Å². The summed E-state index contributed by atoms with van der Waals surface area (Å²) in [7, 11) is 0. The van der Waals surface area contributed by atoms with Crippen molar-refractivity contribution < 1.29 is 14.3 Å². The van der Waals surface area contributed by atoms with Crippen molar-refractivity contribution in [1.29, 1.82) is 0 Å². The number of urea groups is 1. The van der Waals surface area contributed by atoms with Gasteiger partial charge in [-0.1, -0.05) is 41.9 Å². The van der Waals surface area contributed by atoms with Gasteiger partial charge in [0.05, 0.1) is 6.61 Å². The third kappa shape index (κ3) is 4.43. The maximum Gasteiger partial charge on any atom is 0.325 e. The molecular weight excluding hydrogens is 462 g/mol. The highest BCUT2D eigenvalue weighted by molar-refractivity contribution is 6.31. The molecule has 35 heavy (non-hydrogen) atoms. The van der Waals surface area contributed by atoms with Crippen LogP contribution in [-0.4, -0.2) is 53.5 Å². The second-order valence-corrected chi connectivity index (χ2v) is 11.0. The molecule has 0 radical (unpaired) electrons. The predicted molar refractivity (Wildman–Crippen MR) is 134 cm³/mol. The molecule has 3 amide bonds. The molecule has 1 N–H and O–H groups in total. The first kappa shape index (κ1) is 22.9. The van der Waals surface area contributed by atoms with E-state index >= 15 is 0 Å². The Morgan fingerprint density at radius 2 is 1.86 bits per heavy atom. The number of carbonyl (C=O) groups excluding carboxylic acids is 2. The lowest BCUT2D eigenvalue weighted by atomic mass is 9.73. The average Bonchev–Trinajstić information content (AvgIpc) is 3.51. The summed E-state index contributed by atoms with van der Waals surface area (Å²) in [4.78, 5) is 30.8. The maximum absolute atomic E-state index is 13.9. The molecule has 0 bridgehead atoms. The van der Waals surface area contributed by atoms with Crippen molar-refractivity contribution in [2.75, 3.05) is 26.2 Å². The highest BCUT2D eigenvalue weighted by Gasteiger charge is 2.56. The zero-order valence-electron chi connectivity index (χ0n) is 20.0. The maximum atomic E-state index is 13.9. The summed E-state index contributed by atoms with van der Waals surface area (Å²) in [5.41, 5.74) is 2.60. The van der Waals surface area contributed by atoms with Crippen LogP contribution in [0.4, 0.5) is 4.79 Å². The summed E-state index contributed by atoms with van der Waals surface area (Å²) in [6.45, 7) is 4.00. The summed E-state index contributed by atoms with van der Waals surface area (Å²) >= 11 is 6.52. The lowest BCUT2D eigenvalue weighted by molar-refractivity contribution is -0.134. The molecule has 6 rings (SSSR count). The van der Waals surface area contributed by atoms with Crippen LogP contribution in [0.2, 0.25) is 5.02 Å². The van der Waals surface area contributed by atoms with E-state index in [1.165, 1.54) is 16.0 Å². The monoisotopic (exact) mass is 493 g/mol. The Labute approximate surface area is 211 Å². The van der Waals surface area contributed by atoms with Crippen molar-refractivity contribution in [3.63, 3.8) is 0 Å². The smallest absolute Gasteiger partial charge is 0.325 e. The lowest BCUT2D eigenvalue weighted by Gasteiger charge is -2.41. The van der Waals surface area contributed by atoms with Gasteiger partial charge in [-0.25, -0.2) is 4.79 Å². The zero-order chi connectivity index (χ0) is 24.0. The van der Waals surface area contributed by atoms with Gasteiger partial charge in [0.25, 0.3) is 5.91 Å². The van der Waals surface area contributed by atoms with Crippen molar-refractivity contribution in [3.8, 4) is 5.75 Å². The number of ether oxygens (including phenoxy) is 1. The third-order valence-corrected chi connectivity index (χ3v) is 8.58. The van der Waals surface area contributed by atoms with Crippen molar-refractivity contribution >= 4 is 23.5 Å². The minimum absolute atomic E-state index is 0.0635. The number of halogens is 1. The first-order valence-corrected chi connectivity index (χ1v) is 13.2. The fourth-order valence-electron chi connectivity index (χ4n) is 6.03. The SMILES string of the molecule is O=C1N[C@@](Cc2ccccc2Cl)(C2CCN(Cc3ccc4c(c3)CCO4)CC2)C(=O)N1CC1CC1. The summed E-state index contributed by atoms with van der Waals surface area (Å²) < 4.78 is 5.64. The summed E-state index contributed by atoms with van der Waals surface area (Å²) in [5, 5.41) is 3.83. The molecule has 3 aliphatic heterocycles. The number of amides is 3. The topological polar surface area (TPSA) is 61.9 Å². The fraction of sp³-hybridized carbons (Fsp3) is 0.500. The van der Waals surface area contributed by atoms with E-state index < -0.39 is 5.54 Å². The van der Waals surface area contributed by atoms with Gasteiger partial charge in [0.1, 0.15) is 11.3 Å². The molecule has 0 spiro atoms. The van der Waals surface area contributed by atoms with Gasteiger partial charge in [0, 0.05) is 31.0 Å². The lowest BCUT2D eigenvalue weighted by Crippen LogP contribution is -2.57. The molecule has 6 nitrogen and oxygen atoms in total. The van der Waals surface area contributed by atoms with Crippen molar-refractivity contribution in [2.24, 2.45) is 11.8 Å². The number of carbonyl (C=O) groups is 2. The van der Waals surface area contributed by atoms with Crippen molar-refractivity contribution in [1.82, 2.24) is 15.1 Å². The van der Waals surface area contributed by atoms with Gasteiger partial charge >= 0.3 is 6.03 Å². The van der Waals surface area contributed by atoms with Crippen LogP contribution in [0.5, 0.6) is 5.75 Å².